The van der Waals surface area contributed by atoms with Crippen molar-refractivity contribution in [1.29, 1.82) is 0 Å². The maximum atomic E-state index is 11.7. The van der Waals surface area contributed by atoms with Gasteiger partial charge < -0.3 is 11.5 Å². The first-order valence-electron chi connectivity index (χ1n) is 7.89. The predicted molar refractivity (Wildman–Crippen MR) is 95.3 cm³/mol. The lowest BCUT2D eigenvalue weighted by molar-refractivity contribution is -0.118. The lowest BCUT2D eigenvalue weighted by Gasteiger charge is -2.25. The molecule has 1 aromatic rings. The first-order chi connectivity index (χ1) is 11.0. The summed E-state index contributed by atoms with van der Waals surface area (Å²) in [5, 5.41) is 0.613. The molecule has 0 aliphatic heterocycles. The van der Waals surface area contributed by atoms with Crippen molar-refractivity contribution in [3.63, 3.8) is 0 Å². The van der Waals surface area contributed by atoms with E-state index in [1.54, 1.807) is 30.5 Å². The second-order valence-corrected chi connectivity index (χ2v) is 6.46. The molecule has 5 nitrogen and oxygen atoms in total. The molecule has 3 atom stereocenters. The minimum absolute atomic E-state index is 0.145. The quantitative estimate of drug-likeness (QED) is 0.639. The van der Waals surface area contributed by atoms with Gasteiger partial charge in [-0.15, -0.1) is 0 Å². The van der Waals surface area contributed by atoms with Crippen LogP contribution in [0.3, 0.4) is 0 Å². The van der Waals surface area contributed by atoms with E-state index in [1.165, 1.54) is 12.8 Å². The molecule has 1 fully saturated rings. The molecule has 3 unspecified atom stereocenters. The van der Waals surface area contributed by atoms with E-state index in [4.69, 9.17) is 23.1 Å². The number of primary amides is 1. The van der Waals surface area contributed by atoms with E-state index in [0.29, 0.717) is 16.6 Å². The van der Waals surface area contributed by atoms with Crippen molar-refractivity contribution in [3.05, 3.63) is 29.3 Å². The number of aliphatic imine (C=N–C) groups is 2. The zero-order chi connectivity index (χ0) is 16.8. The summed E-state index contributed by atoms with van der Waals surface area (Å²) in [5.41, 5.74) is 12.0. The van der Waals surface area contributed by atoms with Crippen LogP contribution in [-0.4, -0.2) is 24.0 Å². The van der Waals surface area contributed by atoms with Crippen LogP contribution in [0.5, 0.6) is 0 Å². The Morgan fingerprint density at radius 1 is 1.26 bits per heavy atom. The van der Waals surface area contributed by atoms with Crippen molar-refractivity contribution in [1.82, 2.24) is 0 Å². The lowest BCUT2D eigenvalue weighted by Crippen LogP contribution is -2.37. The van der Waals surface area contributed by atoms with E-state index in [1.807, 2.05) is 0 Å². The van der Waals surface area contributed by atoms with Gasteiger partial charge in [0, 0.05) is 11.2 Å². The van der Waals surface area contributed by atoms with Crippen molar-refractivity contribution in [2.45, 2.75) is 38.6 Å². The Bertz CT molecular complexity index is 597. The number of hydrogen-bond donors (Lipinski definition) is 2. The topological polar surface area (TPSA) is 93.8 Å². The highest BCUT2D eigenvalue weighted by Crippen LogP contribution is 2.26. The number of amides is 1. The molecule has 124 valence electrons. The molecule has 0 heterocycles. The third kappa shape index (κ3) is 5.06. The molecule has 1 aromatic carbocycles. The van der Waals surface area contributed by atoms with E-state index in [-0.39, 0.29) is 11.9 Å². The Hall–Kier alpha value is -1.88. The van der Waals surface area contributed by atoms with E-state index >= 15 is 0 Å². The molecular formula is C17H23ClN4O. The average Bonchev–Trinajstić information content (AvgIpc) is 2.51. The van der Waals surface area contributed by atoms with Crippen LogP contribution in [0.1, 0.15) is 32.6 Å². The Labute approximate surface area is 141 Å². The summed E-state index contributed by atoms with van der Waals surface area (Å²) in [6.45, 7) is 2.19. The Morgan fingerprint density at radius 3 is 2.52 bits per heavy atom. The SMILES string of the molecule is CC1CCCCC1N=CC(C(N)=O)C(N)=Nc1ccc(Cl)cc1. The molecule has 1 saturated carbocycles. The van der Waals surface area contributed by atoms with Crippen molar-refractivity contribution < 1.29 is 4.79 Å². The number of rotatable bonds is 5. The van der Waals surface area contributed by atoms with Crippen LogP contribution in [0.25, 0.3) is 0 Å². The molecular weight excluding hydrogens is 312 g/mol. The van der Waals surface area contributed by atoms with Gasteiger partial charge in [0.25, 0.3) is 0 Å². The first kappa shape index (κ1) is 17.5. The van der Waals surface area contributed by atoms with E-state index in [9.17, 15) is 4.79 Å². The van der Waals surface area contributed by atoms with Crippen LogP contribution in [0.15, 0.2) is 34.3 Å². The number of carbonyl (C=O) groups is 1. The van der Waals surface area contributed by atoms with Crippen molar-refractivity contribution in [2.24, 2.45) is 33.3 Å². The molecule has 1 amide bonds. The van der Waals surface area contributed by atoms with Gasteiger partial charge in [0.1, 0.15) is 11.8 Å². The standard InChI is InChI=1S/C17H23ClN4O/c1-11-4-2-3-5-15(11)21-10-14(17(20)23)16(19)22-13-8-6-12(18)7-9-13/h6-11,14-15H,2-5H2,1H3,(H2,19,22)(H2,20,23). The highest BCUT2D eigenvalue weighted by molar-refractivity contribution is 6.30. The molecule has 0 bridgehead atoms. The minimum atomic E-state index is -0.792. The third-order valence-corrected chi connectivity index (χ3v) is 4.45. The van der Waals surface area contributed by atoms with Gasteiger partial charge in [-0.25, -0.2) is 4.99 Å². The van der Waals surface area contributed by atoms with Crippen LogP contribution < -0.4 is 11.5 Å². The first-order valence-corrected chi connectivity index (χ1v) is 8.27. The smallest absolute Gasteiger partial charge is 0.233 e. The fraction of sp³-hybridized carbons (Fsp3) is 0.471. The summed E-state index contributed by atoms with van der Waals surface area (Å²) in [4.78, 5) is 20.5. The predicted octanol–water partition coefficient (Wildman–Crippen LogP) is 3.08. The van der Waals surface area contributed by atoms with Gasteiger partial charge in [0.2, 0.25) is 5.91 Å². The number of benzene rings is 1. The Morgan fingerprint density at radius 2 is 1.91 bits per heavy atom. The number of amidine groups is 1. The molecule has 6 heteroatoms. The van der Waals surface area contributed by atoms with Gasteiger partial charge in [-0.05, 0) is 43.0 Å². The molecule has 2 rings (SSSR count). The van der Waals surface area contributed by atoms with Crippen LogP contribution in [0.4, 0.5) is 5.69 Å². The third-order valence-electron chi connectivity index (χ3n) is 4.20. The zero-order valence-corrected chi connectivity index (χ0v) is 14.0. The Kier molecular flexibility index (Phi) is 6.16. The summed E-state index contributed by atoms with van der Waals surface area (Å²) in [6.07, 6.45) is 6.17. The van der Waals surface area contributed by atoms with E-state index in [2.05, 4.69) is 16.9 Å². The summed E-state index contributed by atoms with van der Waals surface area (Å²) in [5.74, 6) is -0.678. The van der Waals surface area contributed by atoms with Crippen LogP contribution in [-0.2, 0) is 4.79 Å². The van der Waals surface area contributed by atoms with Gasteiger partial charge in [-0.1, -0.05) is 31.4 Å². The van der Waals surface area contributed by atoms with Gasteiger partial charge in [0.15, 0.2) is 0 Å². The van der Waals surface area contributed by atoms with E-state index < -0.39 is 11.8 Å². The fourth-order valence-electron chi connectivity index (χ4n) is 2.74. The molecule has 23 heavy (non-hydrogen) atoms. The number of halogens is 1. The largest absolute Gasteiger partial charge is 0.386 e. The summed E-state index contributed by atoms with van der Waals surface area (Å²) >= 11 is 5.84. The summed E-state index contributed by atoms with van der Waals surface area (Å²) in [6, 6.07) is 7.12. The van der Waals surface area contributed by atoms with Crippen LogP contribution in [0, 0.1) is 11.8 Å². The monoisotopic (exact) mass is 334 g/mol. The molecule has 0 aromatic heterocycles. The second-order valence-electron chi connectivity index (χ2n) is 6.02. The number of nitrogens with two attached hydrogens (primary N) is 2. The second kappa shape index (κ2) is 8.11. The molecule has 0 saturated heterocycles. The highest BCUT2D eigenvalue weighted by atomic mass is 35.5. The van der Waals surface area contributed by atoms with Crippen molar-refractivity contribution >= 4 is 35.2 Å². The normalized spacial score (nSPS) is 23.8. The molecule has 1 aliphatic rings. The average molecular weight is 335 g/mol. The summed E-state index contributed by atoms with van der Waals surface area (Å²) in [7, 11) is 0. The zero-order valence-electron chi connectivity index (χ0n) is 13.3. The van der Waals surface area contributed by atoms with Crippen LogP contribution >= 0.6 is 11.6 Å². The summed E-state index contributed by atoms with van der Waals surface area (Å²) < 4.78 is 0. The molecule has 1 aliphatic carbocycles. The van der Waals surface area contributed by atoms with Gasteiger partial charge in [-0.2, -0.15) is 0 Å². The Balaban J connectivity index is 2.13. The number of carbonyl (C=O) groups excluding carboxylic acids is 1. The van der Waals surface area contributed by atoms with Gasteiger partial charge in [0.05, 0.1) is 11.7 Å². The van der Waals surface area contributed by atoms with Gasteiger partial charge in [-0.3, -0.25) is 9.79 Å². The van der Waals surface area contributed by atoms with Crippen molar-refractivity contribution in [3.8, 4) is 0 Å². The minimum Gasteiger partial charge on any atom is -0.386 e. The number of nitrogens with zero attached hydrogens (tertiary/aromatic N) is 2. The maximum absolute atomic E-state index is 11.7. The van der Waals surface area contributed by atoms with Gasteiger partial charge >= 0.3 is 0 Å². The molecule has 4 N–H and O–H groups in total. The maximum Gasteiger partial charge on any atom is 0.233 e. The number of hydrogen-bond acceptors (Lipinski definition) is 3. The lowest BCUT2D eigenvalue weighted by atomic mass is 9.86. The van der Waals surface area contributed by atoms with E-state index in [0.717, 1.165) is 12.8 Å². The van der Waals surface area contributed by atoms with Crippen molar-refractivity contribution in [2.75, 3.05) is 0 Å². The fourth-order valence-corrected chi connectivity index (χ4v) is 2.87. The molecule has 0 spiro atoms. The highest BCUT2D eigenvalue weighted by Gasteiger charge is 2.22. The van der Waals surface area contributed by atoms with Crippen LogP contribution in [0.2, 0.25) is 5.02 Å². The molecule has 0 radical (unpaired) electrons.